The molecule has 0 bridgehead atoms. The summed E-state index contributed by atoms with van der Waals surface area (Å²) in [5.74, 6) is 1.22. The van der Waals surface area contributed by atoms with E-state index in [1.807, 2.05) is 49.4 Å². The molecule has 2 N–H and O–H groups in total. The Hall–Kier alpha value is -2.36. The summed E-state index contributed by atoms with van der Waals surface area (Å²) in [6.07, 6.45) is 3.21. The number of carbonyl (C=O) groups excluding carboxylic acids is 1. The van der Waals surface area contributed by atoms with Crippen LogP contribution in [0.1, 0.15) is 30.5 Å². The third-order valence-electron chi connectivity index (χ3n) is 4.03. The number of carbonyl (C=O) groups is 1. The Balaban J connectivity index is 1.59. The third-order valence-corrected chi connectivity index (χ3v) is 4.03. The number of aryl methyl sites for hydroxylation is 1. The Morgan fingerprint density at radius 1 is 1.23 bits per heavy atom. The monoisotopic (exact) mass is 295 g/mol. The number of nitrogens with zero attached hydrogens (tertiary/aromatic N) is 1. The number of anilines is 2. The smallest absolute Gasteiger partial charge is 0.227 e. The van der Waals surface area contributed by atoms with Crippen molar-refractivity contribution in [1.29, 1.82) is 0 Å². The van der Waals surface area contributed by atoms with Crippen LogP contribution in [0.3, 0.4) is 0 Å². The van der Waals surface area contributed by atoms with Crippen molar-refractivity contribution in [3.63, 3.8) is 0 Å². The lowest BCUT2D eigenvalue weighted by Gasteiger charge is -2.24. The molecule has 1 fully saturated rings. The molecule has 1 amide bonds. The molecule has 0 spiro atoms. The minimum Gasteiger partial charge on any atom is -0.366 e. The SMILES string of the molecule is Cc1cccc(NCc2cccc(NC(=O)C3CCC3)c2)n1. The normalized spacial score (nSPS) is 14.2. The number of pyridine rings is 1. The highest BCUT2D eigenvalue weighted by molar-refractivity contribution is 5.93. The maximum atomic E-state index is 12.0. The molecule has 1 heterocycles. The molecule has 0 aliphatic heterocycles. The topological polar surface area (TPSA) is 54.0 Å². The van der Waals surface area contributed by atoms with Crippen molar-refractivity contribution in [3.05, 3.63) is 53.7 Å². The first-order valence-electron chi connectivity index (χ1n) is 7.78. The number of amides is 1. The van der Waals surface area contributed by atoms with Gasteiger partial charge in [-0.05, 0) is 49.6 Å². The van der Waals surface area contributed by atoms with E-state index in [4.69, 9.17) is 0 Å². The average Bonchev–Trinajstić information content (AvgIpc) is 2.44. The Morgan fingerprint density at radius 3 is 2.77 bits per heavy atom. The van der Waals surface area contributed by atoms with Crippen LogP contribution in [0, 0.1) is 12.8 Å². The van der Waals surface area contributed by atoms with Gasteiger partial charge in [0.15, 0.2) is 0 Å². The molecule has 1 aromatic heterocycles. The van der Waals surface area contributed by atoms with Gasteiger partial charge in [-0.1, -0.05) is 24.6 Å². The van der Waals surface area contributed by atoms with Gasteiger partial charge in [-0.2, -0.15) is 0 Å². The zero-order chi connectivity index (χ0) is 15.4. The van der Waals surface area contributed by atoms with Gasteiger partial charge in [0.05, 0.1) is 0 Å². The van der Waals surface area contributed by atoms with Crippen LogP contribution in [0.5, 0.6) is 0 Å². The van der Waals surface area contributed by atoms with Crippen molar-refractivity contribution in [1.82, 2.24) is 4.98 Å². The fourth-order valence-electron chi connectivity index (χ4n) is 2.51. The van der Waals surface area contributed by atoms with Gasteiger partial charge in [0, 0.05) is 23.8 Å². The lowest BCUT2D eigenvalue weighted by molar-refractivity contribution is -0.122. The van der Waals surface area contributed by atoms with Crippen LogP contribution in [0.2, 0.25) is 0 Å². The molecule has 4 heteroatoms. The summed E-state index contributed by atoms with van der Waals surface area (Å²) < 4.78 is 0. The molecule has 0 radical (unpaired) electrons. The molecule has 0 atom stereocenters. The van der Waals surface area contributed by atoms with E-state index >= 15 is 0 Å². The summed E-state index contributed by atoms with van der Waals surface area (Å²) in [5.41, 5.74) is 2.98. The number of hydrogen-bond acceptors (Lipinski definition) is 3. The maximum absolute atomic E-state index is 12.0. The average molecular weight is 295 g/mol. The lowest BCUT2D eigenvalue weighted by Crippen LogP contribution is -2.28. The van der Waals surface area contributed by atoms with Crippen LogP contribution in [-0.4, -0.2) is 10.9 Å². The van der Waals surface area contributed by atoms with E-state index in [1.54, 1.807) is 0 Å². The Kier molecular flexibility index (Phi) is 4.37. The fourth-order valence-corrected chi connectivity index (χ4v) is 2.51. The van der Waals surface area contributed by atoms with Crippen molar-refractivity contribution >= 4 is 17.4 Å². The highest BCUT2D eigenvalue weighted by Crippen LogP contribution is 2.27. The summed E-state index contributed by atoms with van der Waals surface area (Å²) in [4.78, 5) is 16.4. The van der Waals surface area contributed by atoms with Gasteiger partial charge >= 0.3 is 0 Å². The predicted octanol–water partition coefficient (Wildman–Crippen LogP) is 3.74. The van der Waals surface area contributed by atoms with Crippen LogP contribution in [0.4, 0.5) is 11.5 Å². The molecule has 1 aliphatic rings. The van der Waals surface area contributed by atoms with E-state index in [9.17, 15) is 4.79 Å². The minimum absolute atomic E-state index is 0.150. The highest BCUT2D eigenvalue weighted by atomic mass is 16.1. The summed E-state index contributed by atoms with van der Waals surface area (Å²) in [5, 5.41) is 6.31. The molecule has 22 heavy (non-hydrogen) atoms. The number of rotatable bonds is 5. The van der Waals surface area contributed by atoms with Crippen molar-refractivity contribution < 1.29 is 4.79 Å². The molecule has 1 aromatic carbocycles. The number of nitrogens with one attached hydrogen (secondary N) is 2. The first-order valence-corrected chi connectivity index (χ1v) is 7.78. The summed E-state index contributed by atoms with van der Waals surface area (Å²) in [7, 11) is 0. The zero-order valence-corrected chi connectivity index (χ0v) is 12.8. The largest absolute Gasteiger partial charge is 0.366 e. The van der Waals surface area contributed by atoms with E-state index in [-0.39, 0.29) is 11.8 Å². The highest BCUT2D eigenvalue weighted by Gasteiger charge is 2.25. The van der Waals surface area contributed by atoms with Crippen molar-refractivity contribution in [3.8, 4) is 0 Å². The Morgan fingerprint density at radius 2 is 2.05 bits per heavy atom. The van der Waals surface area contributed by atoms with Crippen LogP contribution in [-0.2, 0) is 11.3 Å². The molecular weight excluding hydrogens is 274 g/mol. The van der Waals surface area contributed by atoms with Crippen molar-refractivity contribution in [2.24, 2.45) is 5.92 Å². The molecule has 4 nitrogen and oxygen atoms in total. The van der Waals surface area contributed by atoms with Gasteiger partial charge < -0.3 is 10.6 Å². The van der Waals surface area contributed by atoms with Gasteiger partial charge in [-0.15, -0.1) is 0 Å². The van der Waals surface area contributed by atoms with Gasteiger partial charge in [0.25, 0.3) is 0 Å². The van der Waals surface area contributed by atoms with Gasteiger partial charge in [-0.3, -0.25) is 4.79 Å². The second-order valence-electron chi connectivity index (χ2n) is 5.84. The number of hydrogen-bond donors (Lipinski definition) is 2. The maximum Gasteiger partial charge on any atom is 0.227 e. The number of aromatic nitrogens is 1. The third kappa shape index (κ3) is 3.64. The Labute approximate surface area is 131 Å². The molecule has 3 rings (SSSR count). The van der Waals surface area contributed by atoms with Gasteiger partial charge in [-0.25, -0.2) is 4.98 Å². The fraction of sp³-hybridized carbons (Fsp3) is 0.333. The molecule has 2 aromatic rings. The van der Waals surface area contributed by atoms with E-state index in [1.165, 1.54) is 6.42 Å². The second kappa shape index (κ2) is 6.60. The van der Waals surface area contributed by atoms with Crippen molar-refractivity contribution in [2.45, 2.75) is 32.7 Å². The first kappa shape index (κ1) is 14.6. The lowest BCUT2D eigenvalue weighted by atomic mass is 9.85. The molecule has 0 saturated heterocycles. The van der Waals surface area contributed by atoms with Crippen LogP contribution < -0.4 is 10.6 Å². The quantitative estimate of drug-likeness (QED) is 0.883. The molecular formula is C18H21N3O. The molecule has 1 saturated carbocycles. The van der Waals surface area contributed by atoms with Gasteiger partial charge in [0.2, 0.25) is 5.91 Å². The predicted molar refractivity (Wildman–Crippen MR) is 88.7 cm³/mol. The van der Waals surface area contributed by atoms with E-state index in [0.717, 1.165) is 35.6 Å². The molecule has 0 unspecified atom stereocenters. The summed E-state index contributed by atoms with van der Waals surface area (Å²) >= 11 is 0. The minimum atomic E-state index is 0.150. The molecule has 114 valence electrons. The van der Waals surface area contributed by atoms with Gasteiger partial charge in [0.1, 0.15) is 5.82 Å². The number of benzene rings is 1. The summed E-state index contributed by atoms with van der Waals surface area (Å²) in [6.45, 7) is 2.66. The van der Waals surface area contributed by atoms with Crippen molar-refractivity contribution in [2.75, 3.05) is 10.6 Å². The summed E-state index contributed by atoms with van der Waals surface area (Å²) in [6, 6.07) is 13.9. The van der Waals surface area contributed by atoms with E-state index in [0.29, 0.717) is 6.54 Å². The second-order valence-corrected chi connectivity index (χ2v) is 5.84. The van der Waals surface area contributed by atoms with Crippen LogP contribution in [0.25, 0.3) is 0 Å². The zero-order valence-electron chi connectivity index (χ0n) is 12.8. The van der Waals surface area contributed by atoms with Crippen LogP contribution in [0.15, 0.2) is 42.5 Å². The van der Waals surface area contributed by atoms with E-state index < -0.39 is 0 Å². The van der Waals surface area contributed by atoms with E-state index in [2.05, 4.69) is 15.6 Å². The standard InChI is InChI=1S/C18H21N3O/c1-13-5-2-10-17(20-13)19-12-14-6-3-9-16(11-14)21-18(22)15-7-4-8-15/h2-3,5-6,9-11,15H,4,7-8,12H2,1H3,(H,19,20)(H,21,22). The first-order chi connectivity index (χ1) is 10.7. The van der Waals surface area contributed by atoms with Crippen LogP contribution >= 0.6 is 0 Å². The Bertz CT molecular complexity index is 665. The molecule has 1 aliphatic carbocycles.